The van der Waals surface area contributed by atoms with Crippen molar-refractivity contribution in [3.8, 4) is 0 Å². The van der Waals surface area contributed by atoms with Crippen LogP contribution in [0.15, 0.2) is 0 Å². The molecule has 0 radical (unpaired) electrons. The van der Waals surface area contributed by atoms with Crippen molar-refractivity contribution in [1.29, 1.82) is 0 Å². The van der Waals surface area contributed by atoms with Crippen molar-refractivity contribution >= 4 is 11.8 Å². The number of carbonyl (C=O) groups excluding carboxylic acids is 2. The van der Waals surface area contributed by atoms with Crippen molar-refractivity contribution in [2.75, 3.05) is 0 Å². The molecule has 4 heteroatoms. The molecular weight excluding hydrogens is 216 g/mol. The van der Waals surface area contributed by atoms with Crippen molar-refractivity contribution in [2.45, 2.75) is 71.6 Å². The van der Waals surface area contributed by atoms with E-state index in [9.17, 15) is 9.59 Å². The van der Waals surface area contributed by atoms with E-state index in [-0.39, 0.29) is 11.8 Å². The highest BCUT2D eigenvalue weighted by molar-refractivity contribution is 5.81. The summed E-state index contributed by atoms with van der Waals surface area (Å²) >= 11 is 0. The number of nitrogens with one attached hydrogen (secondary N) is 2. The molecular formula is C13H26N2O2. The average molecular weight is 242 g/mol. The minimum absolute atomic E-state index is 0.0913. The Labute approximate surface area is 105 Å². The van der Waals surface area contributed by atoms with Gasteiger partial charge < -0.3 is 0 Å². The van der Waals surface area contributed by atoms with Crippen molar-refractivity contribution in [3.63, 3.8) is 0 Å². The van der Waals surface area contributed by atoms with E-state index in [0.717, 1.165) is 25.7 Å². The molecule has 100 valence electrons. The standard InChI is InChI=1S/C13H26N2O2/c1-3-5-7-8-9-11-13(17)15-14-12(16)10-6-4-2/h3-11H2,1-2H3,(H,14,16)(H,15,17). The molecule has 0 aromatic rings. The fourth-order valence-corrected chi connectivity index (χ4v) is 1.49. The summed E-state index contributed by atoms with van der Waals surface area (Å²) in [6.07, 6.45) is 8.44. The highest BCUT2D eigenvalue weighted by Crippen LogP contribution is 2.04. The number of hydrazine groups is 1. The molecule has 0 fully saturated rings. The Morgan fingerprint density at radius 3 is 1.71 bits per heavy atom. The Balaban J connectivity index is 3.36. The number of amides is 2. The van der Waals surface area contributed by atoms with Crippen LogP contribution in [0.1, 0.15) is 71.6 Å². The molecule has 0 saturated heterocycles. The summed E-state index contributed by atoms with van der Waals surface area (Å²) < 4.78 is 0. The van der Waals surface area contributed by atoms with Crippen LogP contribution >= 0.6 is 0 Å². The lowest BCUT2D eigenvalue weighted by Gasteiger charge is -2.06. The van der Waals surface area contributed by atoms with Crippen LogP contribution in [-0.2, 0) is 9.59 Å². The Morgan fingerprint density at radius 1 is 0.706 bits per heavy atom. The predicted octanol–water partition coefficient (Wildman–Crippen LogP) is 2.68. The maximum atomic E-state index is 11.3. The largest absolute Gasteiger partial charge is 0.273 e. The number of carbonyl (C=O) groups is 2. The molecule has 4 nitrogen and oxygen atoms in total. The summed E-state index contributed by atoms with van der Waals surface area (Å²) in [5.74, 6) is -0.197. The van der Waals surface area contributed by atoms with Gasteiger partial charge in [-0.15, -0.1) is 0 Å². The van der Waals surface area contributed by atoms with Gasteiger partial charge in [-0.25, -0.2) is 0 Å². The summed E-state index contributed by atoms with van der Waals surface area (Å²) in [5, 5.41) is 0. The predicted molar refractivity (Wildman–Crippen MR) is 69.2 cm³/mol. The van der Waals surface area contributed by atoms with Gasteiger partial charge in [-0.1, -0.05) is 46.0 Å². The molecule has 0 bridgehead atoms. The average Bonchev–Trinajstić information content (AvgIpc) is 2.33. The van der Waals surface area contributed by atoms with Crippen LogP contribution in [0.4, 0.5) is 0 Å². The van der Waals surface area contributed by atoms with Crippen LogP contribution in [0.25, 0.3) is 0 Å². The fourth-order valence-electron chi connectivity index (χ4n) is 1.49. The minimum atomic E-state index is -0.105. The van der Waals surface area contributed by atoms with Crippen molar-refractivity contribution in [3.05, 3.63) is 0 Å². The Morgan fingerprint density at radius 2 is 1.18 bits per heavy atom. The molecule has 17 heavy (non-hydrogen) atoms. The van der Waals surface area contributed by atoms with E-state index in [2.05, 4.69) is 17.8 Å². The van der Waals surface area contributed by atoms with Gasteiger partial charge >= 0.3 is 0 Å². The van der Waals surface area contributed by atoms with E-state index in [0.29, 0.717) is 12.8 Å². The van der Waals surface area contributed by atoms with Gasteiger partial charge in [0.2, 0.25) is 11.8 Å². The van der Waals surface area contributed by atoms with Crippen LogP contribution in [0.5, 0.6) is 0 Å². The van der Waals surface area contributed by atoms with Gasteiger partial charge in [0.25, 0.3) is 0 Å². The van der Waals surface area contributed by atoms with E-state index >= 15 is 0 Å². The highest BCUT2D eigenvalue weighted by atomic mass is 16.2. The molecule has 0 spiro atoms. The molecule has 0 aromatic heterocycles. The van der Waals surface area contributed by atoms with Gasteiger partial charge in [-0.3, -0.25) is 20.4 Å². The number of hydrogen-bond donors (Lipinski definition) is 2. The number of rotatable bonds is 9. The summed E-state index contributed by atoms with van der Waals surface area (Å²) in [7, 11) is 0. The SMILES string of the molecule is CCCCCCCC(=O)NNC(=O)CCCC. The molecule has 0 aliphatic rings. The first kappa shape index (κ1) is 15.9. The van der Waals surface area contributed by atoms with Crippen LogP contribution in [0.2, 0.25) is 0 Å². The second-order valence-corrected chi connectivity index (χ2v) is 4.36. The van der Waals surface area contributed by atoms with Crippen molar-refractivity contribution in [2.24, 2.45) is 0 Å². The Kier molecular flexibility index (Phi) is 10.7. The minimum Gasteiger partial charge on any atom is -0.273 e. The highest BCUT2D eigenvalue weighted by Gasteiger charge is 2.03. The summed E-state index contributed by atoms with van der Waals surface area (Å²) in [4.78, 5) is 22.5. The Hall–Kier alpha value is -1.06. The van der Waals surface area contributed by atoms with Crippen LogP contribution in [-0.4, -0.2) is 11.8 Å². The normalized spacial score (nSPS) is 10.0. The van der Waals surface area contributed by atoms with Gasteiger partial charge in [0, 0.05) is 12.8 Å². The van der Waals surface area contributed by atoms with E-state index in [1.165, 1.54) is 19.3 Å². The smallest absolute Gasteiger partial charge is 0.238 e. The third-order valence-corrected chi connectivity index (χ3v) is 2.61. The maximum absolute atomic E-state index is 11.3. The second kappa shape index (κ2) is 11.4. The van der Waals surface area contributed by atoms with Gasteiger partial charge in [0.15, 0.2) is 0 Å². The topological polar surface area (TPSA) is 58.2 Å². The van der Waals surface area contributed by atoms with Crippen molar-refractivity contribution < 1.29 is 9.59 Å². The maximum Gasteiger partial charge on any atom is 0.238 e. The van der Waals surface area contributed by atoms with Crippen molar-refractivity contribution in [1.82, 2.24) is 10.9 Å². The monoisotopic (exact) mass is 242 g/mol. The van der Waals surface area contributed by atoms with E-state index in [1.54, 1.807) is 0 Å². The molecule has 0 aliphatic heterocycles. The zero-order valence-electron chi connectivity index (χ0n) is 11.2. The number of unbranched alkanes of at least 4 members (excludes halogenated alkanes) is 5. The molecule has 0 aliphatic carbocycles. The zero-order valence-corrected chi connectivity index (χ0v) is 11.2. The first-order valence-electron chi connectivity index (χ1n) is 6.78. The summed E-state index contributed by atoms with van der Waals surface area (Å²) in [6, 6.07) is 0. The molecule has 0 heterocycles. The number of hydrogen-bond acceptors (Lipinski definition) is 2. The lowest BCUT2D eigenvalue weighted by Crippen LogP contribution is -2.41. The van der Waals surface area contributed by atoms with Gasteiger partial charge in [0.05, 0.1) is 0 Å². The third kappa shape index (κ3) is 11.2. The molecule has 0 aromatic carbocycles. The van der Waals surface area contributed by atoms with E-state index in [4.69, 9.17) is 0 Å². The first-order chi connectivity index (χ1) is 8.20. The molecule has 0 atom stereocenters. The second-order valence-electron chi connectivity index (χ2n) is 4.36. The molecule has 2 amide bonds. The third-order valence-electron chi connectivity index (χ3n) is 2.61. The zero-order chi connectivity index (χ0) is 12.9. The van der Waals surface area contributed by atoms with Crippen LogP contribution < -0.4 is 10.9 Å². The lowest BCUT2D eigenvalue weighted by molar-refractivity contribution is -0.129. The quantitative estimate of drug-likeness (QED) is 0.482. The van der Waals surface area contributed by atoms with Crippen LogP contribution in [0.3, 0.4) is 0 Å². The van der Waals surface area contributed by atoms with E-state index in [1.807, 2.05) is 6.92 Å². The molecule has 0 unspecified atom stereocenters. The van der Waals surface area contributed by atoms with Gasteiger partial charge in [-0.05, 0) is 12.8 Å². The molecule has 0 rings (SSSR count). The lowest BCUT2D eigenvalue weighted by atomic mass is 10.1. The Bertz CT molecular complexity index is 217. The first-order valence-corrected chi connectivity index (χ1v) is 6.78. The van der Waals surface area contributed by atoms with Gasteiger partial charge in [-0.2, -0.15) is 0 Å². The summed E-state index contributed by atoms with van der Waals surface area (Å²) in [5.41, 5.74) is 4.87. The van der Waals surface area contributed by atoms with E-state index < -0.39 is 0 Å². The molecule has 2 N–H and O–H groups in total. The van der Waals surface area contributed by atoms with Gasteiger partial charge in [0.1, 0.15) is 0 Å². The fraction of sp³-hybridized carbons (Fsp3) is 0.846. The van der Waals surface area contributed by atoms with Crippen LogP contribution in [0, 0.1) is 0 Å². The molecule has 0 saturated carbocycles. The summed E-state index contributed by atoms with van der Waals surface area (Å²) in [6.45, 7) is 4.20.